The van der Waals surface area contributed by atoms with Crippen LogP contribution in [0.1, 0.15) is 44.1 Å². The SMILES string of the molecule is CC(C)c1ncc(N(C)CC2CCCOC2)c(CN)n1. The molecule has 0 saturated carbocycles. The third-order valence-corrected chi connectivity index (χ3v) is 3.77. The fourth-order valence-corrected chi connectivity index (χ4v) is 2.61. The minimum Gasteiger partial charge on any atom is -0.381 e. The molecule has 1 unspecified atom stereocenters. The Morgan fingerprint density at radius 2 is 2.30 bits per heavy atom. The van der Waals surface area contributed by atoms with Crippen LogP contribution in [0.4, 0.5) is 5.69 Å². The third-order valence-electron chi connectivity index (χ3n) is 3.77. The van der Waals surface area contributed by atoms with Gasteiger partial charge in [-0.05, 0) is 18.8 Å². The summed E-state index contributed by atoms with van der Waals surface area (Å²) in [5.41, 5.74) is 7.83. The highest BCUT2D eigenvalue weighted by molar-refractivity contribution is 5.48. The maximum atomic E-state index is 5.85. The van der Waals surface area contributed by atoms with E-state index in [-0.39, 0.29) is 0 Å². The molecule has 1 fully saturated rings. The second-order valence-corrected chi connectivity index (χ2v) is 5.88. The molecule has 112 valence electrons. The summed E-state index contributed by atoms with van der Waals surface area (Å²) >= 11 is 0. The highest BCUT2D eigenvalue weighted by Crippen LogP contribution is 2.22. The molecule has 2 heterocycles. The Labute approximate surface area is 121 Å². The first-order valence-electron chi connectivity index (χ1n) is 7.46. The van der Waals surface area contributed by atoms with E-state index in [0.29, 0.717) is 18.4 Å². The molecule has 5 nitrogen and oxygen atoms in total. The summed E-state index contributed by atoms with van der Waals surface area (Å²) in [6.07, 6.45) is 4.30. The van der Waals surface area contributed by atoms with Crippen LogP contribution in [0.5, 0.6) is 0 Å². The topological polar surface area (TPSA) is 64.3 Å². The summed E-state index contributed by atoms with van der Waals surface area (Å²) in [6.45, 7) is 7.37. The van der Waals surface area contributed by atoms with Gasteiger partial charge >= 0.3 is 0 Å². The predicted molar refractivity (Wildman–Crippen MR) is 80.8 cm³/mol. The van der Waals surface area contributed by atoms with Gasteiger partial charge in [0.1, 0.15) is 5.82 Å². The zero-order chi connectivity index (χ0) is 14.5. The van der Waals surface area contributed by atoms with Crippen molar-refractivity contribution in [3.63, 3.8) is 0 Å². The van der Waals surface area contributed by atoms with Gasteiger partial charge in [-0.3, -0.25) is 0 Å². The second-order valence-electron chi connectivity index (χ2n) is 5.88. The van der Waals surface area contributed by atoms with E-state index >= 15 is 0 Å². The first-order valence-corrected chi connectivity index (χ1v) is 7.46. The molecule has 2 rings (SSSR count). The van der Waals surface area contributed by atoms with E-state index in [1.165, 1.54) is 6.42 Å². The maximum Gasteiger partial charge on any atom is 0.131 e. The van der Waals surface area contributed by atoms with Crippen molar-refractivity contribution in [1.29, 1.82) is 0 Å². The molecule has 5 heteroatoms. The summed E-state index contributed by atoms with van der Waals surface area (Å²) in [5, 5.41) is 0. The van der Waals surface area contributed by atoms with Gasteiger partial charge in [0.15, 0.2) is 0 Å². The molecule has 1 aromatic rings. The Morgan fingerprint density at radius 3 is 2.90 bits per heavy atom. The third kappa shape index (κ3) is 3.67. The fraction of sp³-hybridized carbons (Fsp3) is 0.733. The van der Waals surface area contributed by atoms with Crippen LogP contribution >= 0.6 is 0 Å². The number of anilines is 1. The zero-order valence-electron chi connectivity index (χ0n) is 12.8. The lowest BCUT2D eigenvalue weighted by Gasteiger charge is -2.29. The lowest BCUT2D eigenvalue weighted by Crippen LogP contribution is -2.32. The number of aromatic nitrogens is 2. The number of ether oxygens (including phenoxy) is 1. The molecule has 0 amide bonds. The van der Waals surface area contributed by atoms with Crippen molar-refractivity contribution >= 4 is 5.69 Å². The van der Waals surface area contributed by atoms with E-state index in [2.05, 4.69) is 35.8 Å². The van der Waals surface area contributed by atoms with Gasteiger partial charge in [0.05, 0.1) is 24.2 Å². The van der Waals surface area contributed by atoms with Gasteiger partial charge in [-0.15, -0.1) is 0 Å². The van der Waals surface area contributed by atoms with Crippen LogP contribution in [0.2, 0.25) is 0 Å². The first kappa shape index (κ1) is 15.2. The molecule has 0 spiro atoms. The molecule has 1 aliphatic rings. The summed E-state index contributed by atoms with van der Waals surface area (Å²) in [7, 11) is 2.08. The van der Waals surface area contributed by atoms with Crippen LogP contribution in [0.3, 0.4) is 0 Å². The average molecular weight is 278 g/mol. The molecular formula is C15H26N4O. The van der Waals surface area contributed by atoms with E-state index in [4.69, 9.17) is 10.5 Å². The predicted octanol–water partition coefficient (Wildman–Crippen LogP) is 1.92. The van der Waals surface area contributed by atoms with Crippen molar-refractivity contribution < 1.29 is 4.74 Å². The van der Waals surface area contributed by atoms with Gasteiger partial charge in [-0.25, -0.2) is 9.97 Å². The Bertz CT molecular complexity index is 430. The normalized spacial score (nSPS) is 19.4. The Kier molecular flexibility index (Phi) is 5.31. The minimum absolute atomic E-state index is 0.325. The van der Waals surface area contributed by atoms with Crippen molar-refractivity contribution in [1.82, 2.24) is 9.97 Å². The molecule has 0 radical (unpaired) electrons. The van der Waals surface area contributed by atoms with Crippen molar-refractivity contribution in [2.45, 2.75) is 39.2 Å². The molecule has 1 saturated heterocycles. The van der Waals surface area contributed by atoms with E-state index < -0.39 is 0 Å². The second kappa shape index (κ2) is 6.99. The molecule has 2 N–H and O–H groups in total. The molecule has 0 bridgehead atoms. The van der Waals surface area contributed by atoms with Gasteiger partial charge in [0, 0.05) is 32.7 Å². The summed E-state index contributed by atoms with van der Waals surface area (Å²) < 4.78 is 5.54. The van der Waals surface area contributed by atoms with Gasteiger partial charge in [0.2, 0.25) is 0 Å². The minimum atomic E-state index is 0.325. The van der Waals surface area contributed by atoms with Crippen molar-refractivity contribution in [2.75, 3.05) is 31.7 Å². The van der Waals surface area contributed by atoms with Gasteiger partial charge in [-0.2, -0.15) is 0 Å². The van der Waals surface area contributed by atoms with Crippen LogP contribution in [0.25, 0.3) is 0 Å². The Morgan fingerprint density at radius 1 is 1.50 bits per heavy atom. The summed E-state index contributed by atoms with van der Waals surface area (Å²) in [5.74, 6) is 1.78. The van der Waals surface area contributed by atoms with E-state index in [1.807, 2.05) is 6.20 Å². The van der Waals surface area contributed by atoms with Crippen LogP contribution in [0.15, 0.2) is 6.20 Å². The highest BCUT2D eigenvalue weighted by Gasteiger charge is 2.18. The van der Waals surface area contributed by atoms with E-state index in [0.717, 1.165) is 43.4 Å². The van der Waals surface area contributed by atoms with Crippen LogP contribution in [-0.4, -0.2) is 36.8 Å². The van der Waals surface area contributed by atoms with Crippen LogP contribution in [-0.2, 0) is 11.3 Å². The van der Waals surface area contributed by atoms with Crippen molar-refractivity contribution in [3.8, 4) is 0 Å². The number of nitrogens with zero attached hydrogens (tertiary/aromatic N) is 3. The first-order chi connectivity index (χ1) is 9.61. The van der Waals surface area contributed by atoms with Crippen molar-refractivity contribution in [2.24, 2.45) is 11.7 Å². The number of hydrogen-bond donors (Lipinski definition) is 1. The molecule has 0 aliphatic carbocycles. The van der Waals surface area contributed by atoms with Crippen LogP contribution < -0.4 is 10.6 Å². The van der Waals surface area contributed by atoms with Crippen molar-refractivity contribution in [3.05, 3.63) is 17.7 Å². The lowest BCUT2D eigenvalue weighted by atomic mass is 10.0. The molecule has 0 aromatic carbocycles. The molecule has 1 aromatic heterocycles. The van der Waals surface area contributed by atoms with Gasteiger partial charge in [-0.1, -0.05) is 13.8 Å². The highest BCUT2D eigenvalue weighted by atomic mass is 16.5. The number of rotatable bonds is 5. The van der Waals surface area contributed by atoms with Crippen LogP contribution in [0, 0.1) is 5.92 Å². The molecular weight excluding hydrogens is 252 g/mol. The summed E-state index contributed by atoms with van der Waals surface area (Å²) in [4.78, 5) is 11.3. The maximum absolute atomic E-state index is 5.85. The monoisotopic (exact) mass is 278 g/mol. The zero-order valence-corrected chi connectivity index (χ0v) is 12.8. The lowest BCUT2D eigenvalue weighted by molar-refractivity contribution is 0.0576. The van der Waals surface area contributed by atoms with Gasteiger partial charge < -0.3 is 15.4 Å². The molecule has 20 heavy (non-hydrogen) atoms. The summed E-state index contributed by atoms with van der Waals surface area (Å²) in [6, 6.07) is 0. The van der Waals surface area contributed by atoms with E-state index in [1.54, 1.807) is 0 Å². The van der Waals surface area contributed by atoms with Gasteiger partial charge in [0.25, 0.3) is 0 Å². The standard InChI is InChI=1S/C15H26N4O/c1-11(2)15-17-8-14(13(7-16)18-15)19(3)9-12-5-4-6-20-10-12/h8,11-12H,4-7,9-10,16H2,1-3H3. The molecule has 1 atom stereocenters. The number of nitrogens with two attached hydrogens (primary N) is 1. The fourth-order valence-electron chi connectivity index (χ4n) is 2.61. The largest absolute Gasteiger partial charge is 0.381 e. The Balaban J connectivity index is 2.09. The quantitative estimate of drug-likeness (QED) is 0.891. The molecule has 1 aliphatic heterocycles. The van der Waals surface area contributed by atoms with E-state index in [9.17, 15) is 0 Å². The Hall–Kier alpha value is -1.20. The average Bonchev–Trinajstić information content (AvgIpc) is 2.47. The smallest absolute Gasteiger partial charge is 0.131 e. The number of hydrogen-bond acceptors (Lipinski definition) is 5.